The second-order valence-electron chi connectivity index (χ2n) is 3.36. The number of hydrogen-bond donors (Lipinski definition) is 2. The zero-order valence-electron chi connectivity index (χ0n) is 8.91. The highest BCUT2D eigenvalue weighted by Crippen LogP contribution is 2.26. The Balaban J connectivity index is 2.30. The number of rotatable bonds is 2. The van der Waals surface area contributed by atoms with E-state index in [0.717, 1.165) is 10.0 Å². The van der Waals surface area contributed by atoms with Crippen LogP contribution in [-0.2, 0) is 4.79 Å². The van der Waals surface area contributed by atoms with Gasteiger partial charge in [-0.25, -0.2) is 4.79 Å². The third-order valence-electron chi connectivity index (χ3n) is 2.21. The first-order chi connectivity index (χ1) is 8.10. The van der Waals surface area contributed by atoms with E-state index in [1.807, 2.05) is 0 Å². The molecule has 1 aromatic rings. The first-order valence-corrected chi connectivity index (χ1v) is 5.57. The van der Waals surface area contributed by atoms with Crippen molar-refractivity contribution >= 4 is 33.9 Å². The third-order valence-corrected chi connectivity index (χ3v) is 2.83. The Morgan fingerprint density at radius 3 is 2.59 bits per heavy atom. The number of urea groups is 1. The lowest BCUT2D eigenvalue weighted by atomic mass is 10.2. The standard InChI is InChI=1S/C11H9BrN2O3/c1-17-9-3-2-6(4-7(9)12)5-8-10(15)14-11(16)13-8/h2-5H,1H3,(H2,13,14,15,16)/b8-5-. The van der Waals surface area contributed by atoms with E-state index >= 15 is 0 Å². The van der Waals surface area contributed by atoms with Gasteiger partial charge >= 0.3 is 6.03 Å². The molecule has 0 radical (unpaired) electrons. The molecule has 3 amide bonds. The number of carbonyl (C=O) groups is 2. The van der Waals surface area contributed by atoms with E-state index in [4.69, 9.17) is 4.74 Å². The Kier molecular flexibility index (Phi) is 3.14. The van der Waals surface area contributed by atoms with Crippen molar-refractivity contribution in [3.8, 4) is 5.75 Å². The van der Waals surface area contributed by atoms with E-state index in [-0.39, 0.29) is 5.70 Å². The van der Waals surface area contributed by atoms with E-state index in [1.54, 1.807) is 31.4 Å². The molecule has 0 spiro atoms. The Labute approximate surface area is 106 Å². The number of hydrogen-bond acceptors (Lipinski definition) is 3. The second-order valence-corrected chi connectivity index (χ2v) is 4.21. The molecule has 1 aliphatic heterocycles. The summed E-state index contributed by atoms with van der Waals surface area (Å²) in [5.74, 6) is 0.272. The molecule has 0 aromatic heterocycles. The molecule has 0 bridgehead atoms. The molecular weight excluding hydrogens is 288 g/mol. The smallest absolute Gasteiger partial charge is 0.326 e. The van der Waals surface area contributed by atoms with Crippen LogP contribution in [-0.4, -0.2) is 19.0 Å². The molecule has 5 nitrogen and oxygen atoms in total. The average Bonchev–Trinajstić information content (AvgIpc) is 2.58. The van der Waals surface area contributed by atoms with Gasteiger partial charge in [0.15, 0.2) is 0 Å². The molecule has 17 heavy (non-hydrogen) atoms. The van der Waals surface area contributed by atoms with Crippen LogP contribution in [0.4, 0.5) is 4.79 Å². The Morgan fingerprint density at radius 1 is 1.29 bits per heavy atom. The van der Waals surface area contributed by atoms with Crippen LogP contribution in [0.25, 0.3) is 6.08 Å². The summed E-state index contributed by atoms with van der Waals surface area (Å²) in [6.45, 7) is 0. The number of ether oxygens (including phenoxy) is 1. The van der Waals surface area contributed by atoms with Crippen molar-refractivity contribution in [2.75, 3.05) is 7.11 Å². The van der Waals surface area contributed by atoms with Crippen LogP contribution in [0.3, 0.4) is 0 Å². The predicted molar refractivity (Wildman–Crippen MR) is 65.3 cm³/mol. The minimum Gasteiger partial charge on any atom is -0.496 e. The topological polar surface area (TPSA) is 67.4 Å². The van der Waals surface area contributed by atoms with E-state index in [2.05, 4.69) is 26.6 Å². The lowest BCUT2D eigenvalue weighted by Crippen LogP contribution is -2.22. The zero-order valence-corrected chi connectivity index (χ0v) is 10.5. The van der Waals surface area contributed by atoms with Gasteiger partial charge in [-0.05, 0) is 39.7 Å². The molecule has 0 aliphatic carbocycles. The molecule has 1 heterocycles. The average molecular weight is 297 g/mol. The SMILES string of the molecule is COc1ccc(/C=C2\NC(=O)NC2=O)cc1Br. The van der Waals surface area contributed by atoms with Crippen LogP contribution in [0.5, 0.6) is 5.75 Å². The highest BCUT2D eigenvalue weighted by atomic mass is 79.9. The molecule has 0 unspecified atom stereocenters. The Morgan fingerprint density at radius 2 is 2.06 bits per heavy atom. The number of benzene rings is 1. The van der Waals surface area contributed by atoms with Crippen LogP contribution >= 0.6 is 15.9 Å². The normalized spacial score (nSPS) is 16.9. The van der Waals surface area contributed by atoms with E-state index < -0.39 is 11.9 Å². The number of imide groups is 1. The van der Waals surface area contributed by atoms with Gasteiger partial charge in [0.05, 0.1) is 11.6 Å². The van der Waals surface area contributed by atoms with Crippen LogP contribution in [0.2, 0.25) is 0 Å². The quantitative estimate of drug-likeness (QED) is 0.644. The molecule has 2 rings (SSSR count). The maximum Gasteiger partial charge on any atom is 0.326 e. The summed E-state index contributed by atoms with van der Waals surface area (Å²) in [5, 5.41) is 4.55. The van der Waals surface area contributed by atoms with Crippen LogP contribution < -0.4 is 15.4 Å². The molecule has 0 saturated carbocycles. The summed E-state index contributed by atoms with van der Waals surface area (Å²) in [5.41, 5.74) is 1.01. The molecule has 1 saturated heterocycles. The summed E-state index contributed by atoms with van der Waals surface area (Å²) >= 11 is 3.34. The van der Waals surface area contributed by atoms with Crippen molar-refractivity contribution < 1.29 is 14.3 Å². The van der Waals surface area contributed by atoms with Gasteiger partial charge in [-0.2, -0.15) is 0 Å². The van der Waals surface area contributed by atoms with Gasteiger partial charge in [-0.3, -0.25) is 10.1 Å². The summed E-state index contributed by atoms with van der Waals surface area (Å²) in [4.78, 5) is 22.2. The fourth-order valence-electron chi connectivity index (χ4n) is 1.42. The molecule has 1 aromatic carbocycles. The first-order valence-electron chi connectivity index (χ1n) is 4.77. The monoisotopic (exact) mass is 296 g/mol. The maximum absolute atomic E-state index is 11.3. The summed E-state index contributed by atoms with van der Waals surface area (Å²) in [7, 11) is 1.57. The number of carbonyl (C=O) groups excluding carboxylic acids is 2. The summed E-state index contributed by atoms with van der Waals surface area (Å²) < 4.78 is 5.87. The van der Waals surface area contributed by atoms with Crippen LogP contribution in [0.15, 0.2) is 28.4 Å². The minimum absolute atomic E-state index is 0.229. The molecule has 1 aliphatic rings. The number of nitrogens with one attached hydrogen (secondary N) is 2. The number of halogens is 1. The van der Waals surface area contributed by atoms with Gasteiger partial charge in [0, 0.05) is 0 Å². The zero-order chi connectivity index (χ0) is 12.4. The fourth-order valence-corrected chi connectivity index (χ4v) is 1.98. The highest BCUT2D eigenvalue weighted by Gasteiger charge is 2.22. The summed E-state index contributed by atoms with van der Waals surface area (Å²) in [6.07, 6.45) is 1.59. The number of amides is 3. The molecular formula is C11H9BrN2O3. The van der Waals surface area contributed by atoms with E-state index in [1.165, 1.54) is 0 Å². The lowest BCUT2D eigenvalue weighted by Gasteiger charge is -2.03. The highest BCUT2D eigenvalue weighted by molar-refractivity contribution is 9.10. The molecule has 88 valence electrons. The Hall–Kier alpha value is -1.82. The van der Waals surface area contributed by atoms with Crippen molar-refractivity contribution in [1.82, 2.24) is 10.6 Å². The number of methoxy groups -OCH3 is 1. The third kappa shape index (κ3) is 2.47. The molecule has 6 heteroatoms. The Bertz CT molecular complexity index is 525. The van der Waals surface area contributed by atoms with E-state index in [0.29, 0.717) is 5.75 Å². The van der Waals surface area contributed by atoms with Crippen molar-refractivity contribution in [2.45, 2.75) is 0 Å². The van der Waals surface area contributed by atoms with Crippen molar-refractivity contribution in [3.05, 3.63) is 33.9 Å². The van der Waals surface area contributed by atoms with Crippen molar-refractivity contribution in [1.29, 1.82) is 0 Å². The fraction of sp³-hybridized carbons (Fsp3) is 0.0909. The second kappa shape index (κ2) is 4.58. The van der Waals surface area contributed by atoms with E-state index in [9.17, 15) is 9.59 Å². The van der Waals surface area contributed by atoms with Crippen molar-refractivity contribution in [2.24, 2.45) is 0 Å². The van der Waals surface area contributed by atoms with Gasteiger partial charge in [-0.15, -0.1) is 0 Å². The first kappa shape index (κ1) is 11.7. The molecule has 1 fully saturated rings. The van der Waals surface area contributed by atoms with Gasteiger partial charge in [0.1, 0.15) is 11.4 Å². The minimum atomic E-state index is -0.506. The summed E-state index contributed by atoms with van der Waals surface area (Å²) in [6, 6.07) is 4.84. The van der Waals surface area contributed by atoms with Gasteiger partial charge in [0.2, 0.25) is 0 Å². The largest absolute Gasteiger partial charge is 0.496 e. The van der Waals surface area contributed by atoms with Gasteiger partial charge in [0.25, 0.3) is 5.91 Å². The predicted octanol–water partition coefficient (Wildman–Crippen LogP) is 1.64. The van der Waals surface area contributed by atoms with Crippen molar-refractivity contribution in [3.63, 3.8) is 0 Å². The molecule has 2 N–H and O–H groups in total. The van der Waals surface area contributed by atoms with Gasteiger partial charge < -0.3 is 10.1 Å². The lowest BCUT2D eigenvalue weighted by molar-refractivity contribution is -0.115. The van der Waals surface area contributed by atoms with Gasteiger partial charge in [-0.1, -0.05) is 6.07 Å². The molecule has 0 atom stereocenters. The van der Waals surface area contributed by atoms with Crippen LogP contribution in [0, 0.1) is 0 Å². The maximum atomic E-state index is 11.3. The van der Waals surface area contributed by atoms with Crippen LogP contribution in [0.1, 0.15) is 5.56 Å².